The number of rotatable bonds is 1. The molecule has 0 atom stereocenters. The molecule has 0 saturated carbocycles. The highest BCUT2D eigenvalue weighted by atomic mass is 35.5. The van der Waals surface area contributed by atoms with Gasteiger partial charge in [-0.05, 0) is 30.3 Å². The Morgan fingerprint density at radius 1 is 1.21 bits per heavy atom. The van der Waals surface area contributed by atoms with Gasteiger partial charge >= 0.3 is 0 Å². The first-order valence-corrected chi connectivity index (χ1v) is 5.96. The first-order valence-electron chi connectivity index (χ1n) is 5.58. The lowest BCUT2D eigenvalue weighted by Crippen LogP contribution is -2.11. The number of aromatic nitrogens is 2. The maximum absolute atomic E-state index is 13.0. The fourth-order valence-corrected chi connectivity index (χ4v) is 2.16. The first-order chi connectivity index (χ1) is 9.16. The van der Waals surface area contributed by atoms with Gasteiger partial charge in [-0.15, -0.1) is 0 Å². The highest BCUT2D eigenvalue weighted by Crippen LogP contribution is 2.20. The second kappa shape index (κ2) is 4.48. The Kier molecular flexibility index (Phi) is 2.80. The van der Waals surface area contributed by atoms with E-state index in [1.165, 1.54) is 23.0 Å². The standard InChI is InChI=1S/C14H8ClFN2O/c15-11-7-9(16)5-6-10(11)14(19)18-8-17-12-3-1-2-4-13(12)18/h1-8H. The number of carbonyl (C=O) groups excluding carboxylic acids is 1. The summed E-state index contributed by atoms with van der Waals surface area (Å²) in [5.41, 5.74) is 1.65. The van der Waals surface area contributed by atoms with E-state index in [9.17, 15) is 9.18 Å². The van der Waals surface area contributed by atoms with Gasteiger partial charge in [0, 0.05) is 0 Å². The molecule has 19 heavy (non-hydrogen) atoms. The smallest absolute Gasteiger partial charge is 0.265 e. The van der Waals surface area contributed by atoms with Crippen molar-refractivity contribution in [3.63, 3.8) is 0 Å². The van der Waals surface area contributed by atoms with Gasteiger partial charge in [0.1, 0.15) is 12.1 Å². The zero-order valence-corrected chi connectivity index (χ0v) is 10.4. The number of fused-ring (bicyclic) bond motifs is 1. The van der Waals surface area contributed by atoms with Gasteiger partial charge in [-0.3, -0.25) is 9.36 Å². The van der Waals surface area contributed by atoms with Crippen molar-refractivity contribution < 1.29 is 9.18 Å². The number of hydrogen-bond donors (Lipinski definition) is 0. The van der Waals surface area contributed by atoms with Crippen LogP contribution < -0.4 is 0 Å². The average molecular weight is 275 g/mol. The van der Waals surface area contributed by atoms with Crippen LogP contribution in [-0.2, 0) is 0 Å². The number of para-hydroxylation sites is 2. The molecule has 2 aromatic carbocycles. The quantitative estimate of drug-likeness (QED) is 0.680. The van der Waals surface area contributed by atoms with E-state index in [-0.39, 0.29) is 16.5 Å². The summed E-state index contributed by atoms with van der Waals surface area (Å²) in [6.07, 6.45) is 1.44. The van der Waals surface area contributed by atoms with Crippen molar-refractivity contribution in [2.24, 2.45) is 0 Å². The molecule has 0 saturated heterocycles. The van der Waals surface area contributed by atoms with Crippen LogP contribution in [0.3, 0.4) is 0 Å². The molecular weight excluding hydrogens is 267 g/mol. The Hall–Kier alpha value is -2.20. The Labute approximate surface area is 113 Å². The lowest BCUT2D eigenvalue weighted by molar-refractivity contribution is 0.0964. The summed E-state index contributed by atoms with van der Waals surface area (Å²) < 4.78 is 14.4. The molecule has 0 unspecified atom stereocenters. The fraction of sp³-hybridized carbons (Fsp3) is 0. The molecule has 0 amide bonds. The summed E-state index contributed by atoms with van der Waals surface area (Å²) in [6.45, 7) is 0. The minimum atomic E-state index is -0.475. The Bertz CT molecular complexity index is 782. The predicted octanol–water partition coefficient (Wildman–Crippen LogP) is 3.52. The summed E-state index contributed by atoms with van der Waals surface area (Å²) in [4.78, 5) is 16.5. The predicted molar refractivity (Wildman–Crippen MR) is 70.9 cm³/mol. The van der Waals surface area contributed by atoms with Gasteiger partial charge < -0.3 is 0 Å². The molecule has 0 aliphatic rings. The van der Waals surface area contributed by atoms with Crippen LogP contribution in [0.5, 0.6) is 0 Å². The van der Waals surface area contributed by atoms with E-state index in [2.05, 4.69) is 4.98 Å². The molecule has 94 valence electrons. The number of nitrogens with zero attached hydrogens (tertiary/aromatic N) is 2. The SMILES string of the molecule is O=C(c1ccc(F)cc1Cl)n1cnc2ccccc21. The molecule has 0 aliphatic carbocycles. The van der Waals surface area contributed by atoms with Gasteiger partial charge in [0.2, 0.25) is 0 Å². The summed E-state index contributed by atoms with van der Waals surface area (Å²) in [5, 5.41) is 0.0859. The zero-order chi connectivity index (χ0) is 13.4. The van der Waals surface area contributed by atoms with Crippen molar-refractivity contribution in [1.82, 2.24) is 9.55 Å². The molecule has 0 fully saturated rings. The summed E-state index contributed by atoms with van der Waals surface area (Å²) in [5.74, 6) is -0.810. The molecule has 3 aromatic rings. The minimum Gasteiger partial charge on any atom is -0.268 e. The van der Waals surface area contributed by atoms with Gasteiger partial charge in [-0.2, -0.15) is 0 Å². The van der Waals surface area contributed by atoms with Crippen LogP contribution in [0, 0.1) is 5.82 Å². The molecule has 3 rings (SSSR count). The van der Waals surface area contributed by atoms with Crippen LogP contribution in [0.2, 0.25) is 5.02 Å². The third-order valence-corrected chi connectivity index (χ3v) is 3.15. The summed E-state index contributed by atoms with van der Waals surface area (Å²) >= 11 is 5.90. The Morgan fingerprint density at radius 3 is 2.79 bits per heavy atom. The third-order valence-electron chi connectivity index (χ3n) is 2.83. The maximum atomic E-state index is 13.0. The molecule has 0 aliphatic heterocycles. The molecule has 0 N–H and O–H groups in total. The lowest BCUT2D eigenvalue weighted by atomic mass is 10.2. The van der Waals surface area contributed by atoms with E-state index in [4.69, 9.17) is 11.6 Å². The van der Waals surface area contributed by atoms with Crippen molar-refractivity contribution >= 4 is 28.5 Å². The minimum absolute atomic E-state index is 0.0859. The molecule has 0 bridgehead atoms. The third kappa shape index (κ3) is 2.00. The molecule has 0 spiro atoms. The van der Waals surface area contributed by atoms with Gasteiger partial charge in [-0.1, -0.05) is 23.7 Å². The highest BCUT2D eigenvalue weighted by molar-refractivity contribution is 6.34. The van der Waals surface area contributed by atoms with Crippen molar-refractivity contribution in [2.75, 3.05) is 0 Å². The van der Waals surface area contributed by atoms with Crippen LogP contribution in [0.15, 0.2) is 48.8 Å². The van der Waals surface area contributed by atoms with Crippen molar-refractivity contribution in [3.8, 4) is 0 Å². The maximum Gasteiger partial charge on any atom is 0.265 e. The Morgan fingerprint density at radius 2 is 2.00 bits per heavy atom. The van der Waals surface area contributed by atoms with E-state index in [0.717, 1.165) is 6.07 Å². The molecule has 3 nitrogen and oxygen atoms in total. The second-order valence-corrected chi connectivity index (χ2v) is 4.44. The van der Waals surface area contributed by atoms with E-state index < -0.39 is 5.82 Å². The topological polar surface area (TPSA) is 34.9 Å². The van der Waals surface area contributed by atoms with Crippen LogP contribution in [-0.4, -0.2) is 15.5 Å². The van der Waals surface area contributed by atoms with Gasteiger partial charge in [0.05, 0.1) is 21.6 Å². The van der Waals surface area contributed by atoms with E-state index >= 15 is 0 Å². The number of carbonyl (C=O) groups is 1. The van der Waals surface area contributed by atoms with Gasteiger partial charge in [-0.25, -0.2) is 9.37 Å². The number of hydrogen-bond acceptors (Lipinski definition) is 2. The highest BCUT2D eigenvalue weighted by Gasteiger charge is 2.15. The largest absolute Gasteiger partial charge is 0.268 e. The summed E-state index contributed by atoms with van der Waals surface area (Å²) in [7, 11) is 0. The number of benzene rings is 2. The van der Waals surface area contributed by atoms with E-state index in [1.54, 1.807) is 6.07 Å². The van der Waals surface area contributed by atoms with Crippen LogP contribution >= 0.6 is 11.6 Å². The molecule has 5 heteroatoms. The van der Waals surface area contributed by atoms with Crippen molar-refractivity contribution in [1.29, 1.82) is 0 Å². The summed E-state index contributed by atoms with van der Waals surface area (Å²) in [6, 6.07) is 11.0. The van der Waals surface area contributed by atoms with Crippen molar-refractivity contribution in [2.45, 2.75) is 0 Å². The van der Waals surface area contributed by atoms with Crippen LogP contribution in [0.4, 0.5) is 4.39 Å². The fourth-order valence-electron chi connectivity index (χ4n) is 1.91. The first kappa shape index (κ1) is 11.9. The average Bonchev–Trinajstić information content (AvgIpc) is 2.82. The van der Waals surface area contributed by atoms with Crippen molar-refractivity contribution in [3.05, 3.63) is 65.2 Å². The lowest BCUT2D eigenvalue weighted by Gasteiger charge is -2.05. The Balaban J connectivity index is 2.13. The van der Waals surface area contributed by atoms with Gasteiger partial charge in [0.15, 0.2) is 0 Å². The van der Waals surface area contributed by atoms with E-state index in [0.29, 0.717) is 11.0 Å². The van der Waals surface area contributed by atoms with Crippen LogP contribution in [0.25, 0.3) is 11.0 Å². The van der Waals surface area contributed by atoms with Crippen LogP contribution in [0.1, 0.15) is 10.4 Å². The number of halogens is 2. The van der Waals surface area contributed by atoms with E-state index in [1.807, 2.05) is 18.2 Å². The zero-order valence-electron chi connectivity index (χ0n) is 9.68. The molecule has 1 heterocycles. The number of imidazole rings is 1. The molecule has 1 aromatic heterocycles. The molecular formula is C14H8ClFN2O. The monoisotopic (exact) mass is 274 g/mol. The van der Waals surface area contributed by atoms with Gasteiger partial charge in [0.25, 0.3) is 5.91 Å². The second-order valence-electron chi connectivity index (χ2n) is 4.03. The normalized spacial score (nSPS) is 10.8. The molecule has 0 radical (unpaired) electrons.